The van der Waals surface area contributed by atoms with Crippen LogP contribution >= 0.6 is 35.3 Å². The van der Waals surface area contributed by atoms with Gasteiger partial charge in [-0.3, -0.25) is 9.69 Å². The number of carbonyl (C=O) groups is 5. The number of ether oxygens (including phenoxy) is 4. The summed E-state index contributed by atoms with van der Waals surface area (Å²) in [6.45, 7) is 9.13. The Labute approximate surface area is 249 Å². The third-order valence-electron chi connectivity index (χ3n) is 6.69. The zero-order valence-electron chi connectivity index (χ0n) is 23.4. The van der Waals surface area contributed by atoms with Crippen LogP contribution in [0.5, 0.6) is 0 Å². The molecule has 0 aromatic heterocycles. The third kappa shape index (κ3) is 4.59. The summed E-state index contributed by atoms with van der Waals surface area (Å²) in [7, 11) is 4.67. The summed E-state index contributed by atoms with van der Waals surface area (Å²) in [6, 6.07) is 5.47. The van der Waals surface area contributed by atoms with Crippen LogP contribution in [0.4, 0.5) is 5.69 Å². The van der Waals surface area contributed by atoms with E-state index < -0.39 is 33.5 Å². The van der Waals surface area contributed by atoms with Gasteiger partial charge < -0.3 is 18.9 Å². The van der Waals surface area contributed by atoms with Crippen molar-refractivity contribution in [3.63, 3.8) is 0 Å². The van der Waals surface area contributed by atoms with Crippen LogP contribution in [-0.4, -0.2) is 67.8 Å². The van der Waals surface area contributed by atoms with Crippen LogP contribution in [0.25, 0.3) is 5.57 Å². The number of amides is 1. The maximum Gasteiger partial charge on any atom is 0.345 e. The molecule has 4 rings (SSSR count). The quantitative estimate of drug-likeness (QED) is 0.268. The summed E-state index contributed by atoms with van der Waals surface area (Å²) >= 11 is 2.74. The fourth-order valence-electron chi connectivity index (χ4n) is 4.92. The lowest BCUT2D eigenvalue weighted by Crippen LogP contribution is -2.53. The Hall–Kier alpha value is -3.42. The van der Waals surface area contributed by atoms with Crippen LogP contribution in [0.3, 0.4) is 0 Å². The van der Waals surface area contributed by atoms with E-state index in [4.69, 9.17) is 18.9 Å². The number of rotatable bonds is 5. The number of benzene rings is 1. The Morgan fingerprint density at radius 3 is 1.83 bits per heavy atom. The van der Waals surface area contributed by atoms with E-state index in [1.165, 1.54) is 34.5 Å². The molecule has 3 aliphatic heterocycles. The van der Waals surface area contributed by atoms with Crippen molar-refractivity contribution in [3.05, 3.63) is 67.2 Å². The average molecular weight is 618 g/mol. The van der Waals surface area contributed by atoms with Gasteiger partial charge in [0.15, 0.2) is 0 Å². The summed E-state index contributed by atoms with van der Waals surface area (Å²) in [5, 5.41) is 0. The zero-order chi connectivity index (χ0) is 30.4. The lowest BCUT2D eigenvalue weighted by Gasteiger charge is -2.50. The molecule has 1 amide bonds. The highest BCUT2D eigenvalue weighted by molar-refractivity contribution is 8.26. The van der Waals surface area contributed by atoms with E-state index in [1.807, 2.05) is 19.1 Å². The number of hydrogen-bond donors (Lipinski definition) is 0. The monoisotopic (exact) mass is 617 g/mol. The minimum absolute atomic E-state index is 0.106. The van der Waals surface area contributed by atoms with Crippen molar-refractivity contribution in [2.24, 2.45) is 0 Å². The number of nitrogens with zero attached hydrogens (tertiary/aromatic N) is 1. The lowest BCUT2D eigenvalue weighted by molar-refractivity contribution is -0.138. The maximum atomic E-state index is 13.6. The van der Waals surface area contributed by atoms with Crippen LogP contribution in [-0.2, 0) is 42.9 Å². The first-order valence-corrected chi connectivity index (χ1v) is 14.5. The van der Waals surface area contributed by atoms with Gasteiger partial charge in [-0.05, 0) is 39.0 Å². The molecule has 0 aliphatic carbocycles. The van der Waals surface area contributed by atoms with Crippen LogP contribution in [0.1, 0.15) is 25.0 Å². The summed E-state index contributed by atoms with van der Waals surface area (Å²) in [6.07, 6.45) is 1.20. The molecular formula is C28H27NO9S3. The highest BCUT2D eigenvalue weighted by Gasteiger charge is 2.61. The summed E-state index contributed by atoms with van der Waals surface area (Å²) in [5.41, 5.74) is 1.21. The Bertz CT molecular complexity index is 1490. The van der Waals surface area contributed by atoms with Gasteiger partial charge >= 0.3 is 23.9 Å². The van der Waals surface area contributed by atoms with Crippen LogP contribution in [0.2, 0.25) is 0 Å². The summed E-state index contributed by atoms with van der Waals surface area (Å²) in [4.78, 5) is 68.0. The molecule has 41 heavy (non-hydrogen) atoms. The van der Waals surface area contributed by atoms with Gasteiger partial charge in [0.25, 0.3) is 5.91 Å². The predicted molar refractivity (Wildman–Crippen MR) is 157 cm³/mol. The van der Waals surface area contributed by atoms with E-state index >= 15 is 0 Å². The molecular weight excluding hydrogens is 591 g/mol. The zero-order valence-corrected chi connectivity index (χ0v) is 25.8. The lowest BCUT2D eigenvalue weighted by atomic mass is 9.83. The van der Waals surface area contributed by atoms with E-state index in [0.29, 0.717) is 21.7 Å². The van der Waals surface area contributed by atoms with Crippen LogP contribution in [0.15, 0.2) is 56.0 Å². The van der Waals surface area contributed by atoms with E-state index in [0.717, 1.165) is 40.8 Å². The minimum Gasteiger partial charge on any atom is -0.466 e. The Morgan fingerprint density at radius 1 is 0.829 bits per heavy atom. The number of aryl methyl sites for hydroxylation is 1. The van der Waals surface area contributed by atoms with Gasteiger partial charge in [0, 0.05) is 16.0 Å². The van der Waals surface area contributed by atoms with Gasteiger partial charge in [-0.2, -0.15) is 0 Å². The minimum atomic E-state index is -1.62. The molecule has 0 radical (unpaired) electrons. The van der Waals surface area contributed by atoms with Crippen molar-refractivity contribution in [2.75, 3.05) is 33.3 Å². The molecule has 1 aromatic carbocycles. The predicted octanol–water partition coefficient (Wildman–Crippen LogP) is 4.10. The molecule has 0 saturated heterocycles. The highest BCUT2D eigenvalue weighted by Crippen LogP contribution is 2.71. The van der Waals surface area contributed by atoms with Gasteiger partial charge in [-0.25, -0.2) is 19.2 Å². The first-order chi connectivity index (χ1) is 19.3. The molecule has 3 heterocycles. The molecule has 3 aliphatic rings. The number of carbonyl (C=O) groups excluding carboxylic acids is 5. The van der Waals surface area contributed by atoms with Gasteiger partial charge in [0.05, 0.1) is 45.2 Å². The van der Waals surface area contributed by atoms with Crippen molar-refractivity contribution >= 4 is 76.3 Å². The number of thioether (sulfide) groups is 3. The Kier molecular flexibility index (Phi) is 8.27. The maximum absolute atomic E-state index is 13.6. The topological polar surface area (TPSA) is 126 Å². The van der Waals surface area contributed by atoms with Gasteiger partial charge in [0.2, 0.25) is 0 Å². The molecule has 1 spiro atoms. The normalized spacial score (nSPS) is 18.5. The smallest absolute Gasteiger partial charge is 0.345 e. The fourth-order valence-corrected chi connectivity index (χ4v) is 9.97. The molecule has 0 N–H and O–H groups in total. The SMILES string of the molecule is C=CC(=O)N1c2ccc(C)cc2C2=C(SC(C(=O)OC)=C(C(=O)OC)C23SC(C(=O)OC)=C(C(=O)OC)S3)C1(C)C. The van der Waals surface area contributed by atoms with E-state index in [1.54, 1.807) is 24.8 Å². The third-order valence-corrected chi connectivity index (χ3v) is 11.3. The Morgan fingerprint density at radius 2 is 1.34 bits per heavy atom. The van der Waals surface area contributed by atoms with Crippen LogP contribution < -0.4 is 4.90 Å². The van der Waals surface area contributed by atoms with Crippen molar-refractivity contribution in [2.45, 2.75) is 30.4 Å². The number of anilines is 1. The molecule has 1 aromatic rings. The average Bonchev–Trinajstić information content (AvgIpc) is 3.35. The van der Waals surface area contributed by atoms with Gasteiger partial charge in [-0.15, -0.1) is 0 Å². The van der Waals surface area contributed by atoms with Crippen molar-refractivity contribution in [1.29, 1.82) is 0 Å². The molecule has 0 bridgehead atoms. The van der Waals surface area contributed by atoms with Crippen LogP contribution in [0, 0.1) is 6.92 Å². The standard InChI is InChI=1S/C28H27NO9S3/c1-9-16(30)29-15-11-10-13(2)12-14(15)17-22(27(29,3)4)39-19(24(32)36-6)18(23(31)35-5)28(17)40-20(25(33)37-7)21(41-28)26(34)38-8/h9-12H,1H2,2-8H3. The first-order valence-electron chi connectivity index (χ1n) is 12.1. The molecule has 0 fully saturated rings. The van der Waals surface area contributed by atoms with E-state index in [2.05, 4.69) is 6.58 Å². The van der Waals surface area contributed by atoms with Crippen molar-refractivity contribution in [3.8, 4) is 0 Å². The second-order valence-corrected chi connectivity index (χ2v) is 13.1. The number of hydrogen-bond acceptors (Lipinski definition) is 12. The number of methoxy groups -OCH3 is 4. The molecule has 216 valence electrons. The second-order valence-electron chi connectivity index (χ2n) is 9.41. The molecule has 10 nitrogen and oxygen atoms in total. The summed E-state index contributed by atoms with van der Waals surface area (Å²) in [5.74, 6) is -3.74. The first kappa shape index (κ1) is 30.5. The number of fused-ring (bicyclic) bond motifs is 3. The van der Waals surface area contributed by atoms with E-state index in [-0.39, 0.29) is 26.2 Å². The van der Waals surface area contributed by atoms with Crippen molar-refractivity contribution in [1.82, 2.24) is 0 Å². The molecule has 0 unspecified atom stereocenters. The largest absolute Gasteiger partial charge is 0.466 e. The van der Waals surface area contributed by atoms with Gasteiger partial charge in [-0.1, -0.05) is 53.5 Å². The van der Waals surface area contributed by atoms with Gasteiger partial charge in [0.1, 0.15) is 18.8 Å². The molecule has 0 atom stereocenters. The highest BCUT2D eigenvalue weighted by atomic mass is 32.2. The second kappa shape index (κ2) is 11.1. The fraction of sp³-hybridized carbons (Fsp3) is 0.321. The van der Waals surface area contributed by atoms with Crippen molar-refractivity contribution < 1.29 is 42.9 Å². The molecule has 0 saturated carbocycles. The van der Waals surface area contributed by atoms with E-state index in [9.17, 15) is 24.0 Å². The number of esters is 4. The Balaban J connectivity index is 2.20. The summed E-state index contributed by atoms with van der Waals surface area (Å²) < 4.78 is 18.6. The molecule has 13 heteroatoms.